The lowest BCUT2D eigenvalue weighted by molar-refractivity contribution is 0.0524. The monoisotopic (exact) mass is 543 g/mol. The molecule has 3 aromatic carbocycles. The third-order valence-corrected chi connectivity index (χ3v) is 6.75. The molecule has 194 valence electrons. The maximum Gasteiger partial charge on any atom is 0.338 e. The molecule has 0 fully saturated rings. The quantitative estimate of drug-likeness (QED) is 0.324. The smallest absolute Gasteiger partial charge is 0.338 e. The second-order valence-electron chi connectivity index (χ2n) is 8.35. The Bertz CT molecular complexity index is 1290. The van der Waals surface area contributed by atoms with Crippen LogP contribution < -0.4 is 14.2 Å². The number of nitrogens with zero attached hydrogens (tertiary/aromatic N) is 1. The lowest BCUT2D eigenvalue weighted by Gasteiger charge is -2.38. The summed E-state index contributed by atoms with van der Waals surface area (Å²) >= 11 is 12.4. The molecule has 0 aromatic heterocycles. The molecule has 37 heavy (non-hydrogen) atoms. The van der Waals surface area contributed by atoms with Crippen molar-refractivity contribution < 1.29 is 28.5 Å². The number of amides is 1. The van der Waals surface area contributed by atoms with Crippen LogP contribution in [-0.4, -0.2) is 50.8 Å². The van der Waals surface area contributed by atoms with E-state index in [1.54, 1.807) is 68.5 Å². The number of benzene rings is 3. The van der Waals surface area contributed by atoms with Gasteiger partial charge in [-0.2, -0.15) is 0 Å². The van der Waals surface area contributed by atoms with Crippen molar-refractivity contribution in [2.24, 2.45) is 0 Å². The first-order valence-corrected chi connectivity index (χ1v) is 12.5. The Kier molecular flexibility index (Phi) is 8.46. The highest BCUT2D eigenvalue weighted by molar-refractivity contribution is 6.36. The average molecular weight is 544 g/mol. The van der Waals surface area contributed by atoms with E-state index in [9.17, 15) is 9.59 Å². The van der Waals surface area contributed by atoms with Gasteiger partial charge in [0.1, 0.15) is 12.4 Å². The third-order valence-electron chi connectivity index (χ3n) is 6.20. The van der Waals surface area contributed by atoms with Gasteiger partial charge in [-0.25, -0.2) is 4.79 Å². The van der Waals surface area contributed by atoms with Crippen molar-refractivity contribution in [2.75, 3.05) is 34.0 Å². The Morgan fingerprint density at radius 2 is 1.68 bits per heavy atom. The number of rotatable bonds is 8. The van der Waals surface area contributed by atoms with Gasteiger partial charge in [0.25, 0.3) is 5.91 Å². The molecular formula is C28H27Cl2NO6. The fraction of sp³-hybridized carbons (Fsp3) is 0.286. The number of ether oxygens (including phenoxy) is 4. The number of carbonyl (C=O) groups excluding carboxylic acids is 2. The number of hydrogen-bond acceptors (Lipinski definition) is 6. The van der Waals surface area contributed by atoms with Gasteiger partial charge in [0.05, 0.1) is 43.0 Å². The number of hydrogen-bond donors (Lipinski definition) is 0. The van der Waals surface area contributed by atoms with E-state index in [1.165, 1.54) is 0 Å². The molecule has 0 radical (unpaired) electrons. The first-order chi connectivity index (χ1) is 17.9. The van der Waals surface area contributed by atoms with Crippen molar-refractivity contribution in [1.29, 1.82) is 0 Å². The zero-order valence-corrected chi connectivity index (χ0v) is 22.3. The van der Waals surface area contributed by atoms with E-state index >= 15 is 0 Å². The third kappa shape index (κ3) is 5.78. The van der Waals surface area contributed by atoms with Gasteiger partial charge in [-0.1, -0.05) is 23.2 Å². The van der Waals surface area contributed by atoms with Gasteiger partial charge in [0.15, 0.2) is 11.5 Å². The molecule has 0 unspecified atom stereocenters. The molecule has 9 heteroatoms. The summed E-state index contributed by atoms with van der Waals surface area (Å²) in [6.45, 7) is 2.68. The molecule has 0 saturated heterocycles. The molecule has 3 aromatic rings. The normalized spacial score (nSPS) is 14.5. The molecule has 7 nitrogen and oxygen atoms in total. The molecule has 0 aliphatic carbocycles. The van der Waals surface area contributed by atoms with E-state index in [4.69, 9.17) is 42.1 Å². The Morgan fingerprint density at radius 1 is 0.973 bits per heavy atom. The van der Waals surface area contributed by atoms with Gasteiger partial charge in [0.2, 0.25) is 0 Å². The Morgan fingerprint density at radius 3 is 2.32 bits per heavy atom. The van der Waals surface area contributed by atoms with E-state index in [0.717, 1.165) is 11.1 Å². The summed E-state index contributed by atoms with van der Waals surface area (Å²) < 4.78 is 22.2. The van der Waals surface area contributed by atoms with Crippen LogP contribution in [0.5, 0.6) is 17.2 Å². The van der Waals surface area contributed by atoms with Gasteiger partial charge in [0, 0.05) is 11.6 Å². The van der Waals surface area contributed by atoms with Crippen molar-refractivity contribution in [1.82, 2.24) is 4.90 Å². The van der Waals surface area contributed by atoms with Gasteiger partial charge in [-0.05, 0) is 79.1 Å². The number of halogens is 2. The molecule has 0 bridgehead atoms. The summed E-state index contributed by atoms with van der Waals surface area (Å²) in [6.07, 6.45) is 0.622. The Labute approximate surface area is 225 Å². The number of methoxy groups -OCH3 is 2. The predicted octanol–water partition coefficient (Wildman–Crippen LogP) is 6.01. The van der Waals surface area contributed by atoms with Crippen LogP contribution in [0.25, 0.3) is 0 Å². The minimum atomic E-state index is -0.437. The first kappa shape index (κ1) is 26.6. The molecular weight excluding hydrogens is 517 g/mol. The van der Waals surface area contributed by atoms with Crippen molar-refractivity contribution in [2.45, 2.75) is 19.4 Å². The van der Waals surface area contributed by atoms with Crippen LogP contribution in [0.3, 0.4) is 0 Å². The van der Waals surface area contributed by atoms with Crippen molar-refractivity contribution in [3.05, 3.63) is 86.9 Å². The fourth-order valence-corrected chi connectivity index (χ4v) is 4.83. The van der Waals surface area contributed by atoms with E-state index in [0.29, 0.717) is 53.0 Å². The summed E-state index contributed by atoms with van der Waals surface area (Å²) in [5, 5.41) is 0.735. The predicted molar refractivity (Wildman–Crippen MR) is 141 cm³/mol. The van der Waals surface area contributed by atoms with E-state index in [2.05, 4.69) is 0 Å². The SMILES string of the molecule is CCOC(=O)c1ccc(OC[C@H]2c3cc(OC)c(OC)cc3CCN2C(=O)c2ccc(Cl)cc2Cl)cc1. The molecule has 1 aliphatic heterocycles. The van der Waals surface area contributed by atoms with Crippen LogP contribution in [0.2, 0.25) is 10.0 Å². The summed E-state index contributed by atoms with van der Waals surface area (Å²) in [5.41, 5.74) is 2.72. The Balaban J connectivity index is 1.66. The van der Waals surface area contributed by atoms with Crippen LogP contribution in [0.1, 0.15) is 44.8 Å². The van der Waals surface area contributed by atoms with E-state index in [-0.39, 0.29) is 17.5 Å². The van der Waals surface area contributed by atoms with Crippen molar-refractivity contribution >= 4 is 35.1 Å². The highest BCUT2D eigenvalue weighted by atomic mass is 35.5. The van der Waals surface area contributed by atoms with Gasteiger partial charge in [-0.3, -0.25) is 4.79 Å². The van der Waals surface area contributed by atoms with Crippen molar-refractivity contribution in [3.8, 4) is 17.2 Å². The zero-order chi connectivity index (χ0) is 26.5. The number of fused-ring (bicyclic) bond motifs is 1. The molecule has 0 saturated carbocycles. The van der Waals surface area contributed by atoms with E-state index in [1.807, 2.05) is 12.1 Å². The highest BCUT2D eigenvalue weighted by Gasteiger charge is 2.34. The second-order valence-corrected chi connectivity index (χ2v) is 9.19. The maximum atomic E-state index is 13.7. The van der Waals surface area contributed by atoms with Crippen LogP contribution in [-0.2, 0) is 11.2 Å². The lowest BCUT2D eigenvalue weighted by atomic mass is 9.91. The number of esters is 1. The molecule has 0 N–H and O–H groups in total. The number of carbonyl (C=O) groups is 2. The largest absolute Gasteiger partial charge is 0.493 e. The van der Waals surface area contributed by atoms with E-state index < -0.39 is 12.0 Å². The van der Waals surface area contributed by atoms with Gasteiger partial charge >= 0.3 is 5.97 Å². The molecule has 0 spiro atoms. The topological polar surface area (TPSA) is 74.3 Å². The zero-order valence-electron chi connectivity index (χ0n) is 20.8. The standard InChI is InChI=1S/C28H27Cl2NO6/c1-4-36-28(33)17-5-8-20(9-6-17)37-16-24-22-15-26(35-3)25(34-2)13-18(22)11-12-31(24)27(32)21-10-7-19(29)14-23(21)30/h5-10,13-15,24H,4,11-12,16H2,1-3H3/t24-/m0/s1. The summed E-state index contributed by atoms with van der Waals surface area (Å²) in [7, 11) is 3.16. The molecule has 1 heterocycles. The molecule has 1 amide bonds. The maximum absolute atomic E-state index is 13.7. The minimum absolute atomic E-state index is 0.165. The van der Waals surface area contributed by atoms with Gasteiger partial charge < -0.3 is 23.8 Å². The molecule has 1 atom stereocenters. The second kappa shape index (κ2) is 11.8. The van der Waals surface area contributed by atoms with Crippen LogP contribution in [0, 0.1) is 0 Å². The van der Waals surface area contributed by atoms with Crippen LogP contribution in [0.4, 0.5) is 0 Å². The highest BCUT2D eigenvalue weighted by Crippen LogP contribution is 2.39. The van der Waals surface area contributed by atoms with Crippen LogP contribution in [0.15, 0.2) is 54.6 Å². The first-order valence-electron chi connectivity index (χ1n) is 11.8. The Hall–Kier alpha value is -3.42. The molecule has 1 aliphatic rings. The fourth-order valence-electron chi connectivity index (χ4n) is 4.35. The van der Waals surface area contributed by atoms with Crippen LogP contribution >= 0.6 is 23.2 Å². The summed E-state index contributed by atoms with van der Waals surface area (Å²) in [4.78, 5) is 27.4. The summed E-state index contributed by atoms with van der Waals surface area (Å²) in [5.74, 6) is 1.11. The molecule has 4 rings (SSSR count). The minimum Gasteiger partial charge on any atom is -0.493 e. The average Bonchev–Trinajstić information content (AvgIpc) is 2.90. The van der Waals surface area contributed by atoms with Gasteiger partial charge in [-0.15, -0.1) is 0 Å². The lowest BCUT2D eigenvalue weighted by Crippen LogP contribution is -2.42. The van der Waals surface area contributed by atoms with Crippen molar-refractivity contribution in [3.63, 3.8) is 0 Å². The summed E-state index contributed by atoms with van der Waals surface area (Å²) in [6, 6.07) is 14.9.